The van der Waals surface area contributed by atoms with Gasteiger partial charge in [0.25, 0.3) is 11.8 Å². The number of carbonyl (C=O) groups is 5. The van der Waals surface area contributed by atoms with Gasteiger partial charge in [0.05, 0.1) is 23.8 Å². The molecule has 0 fully saturated rings. The molecule has 1 aliphatic heterocycles. The van der Waals surface area contributed by atoms with Crippen molar-refractivity contribution in [1.29, 1.82) is 0 Å². The summed E-state index contributed by atoms with van der Waals surface area (Å²) in [4.78, 5) is 64.9. The molecule has 0 aromatic heterocycles. The number of methoxy groups -OCH3 is 1. The van der Waals surface area contributed by atoms with Gasteiger partial charge in [-0.15, -0.1) is 0 Å². The first-order valence-electron chi connectivity index (χ1n) is 12.3. The van der Waals surface area contributed by atoms with E-state index in [-0.39, 0.29) is 34.8 Å². The summed E-state index contributed by atoms with van der Waals surface area (Å²) < 4.78 is 15.7. The van der Waals surface area contributed by atoms with Gasteiger partial charge in [-0.3, -0.25) is 19.3 Å². The molecule has 200 valence electrons. The van der Waals surface area contributed by atoms with E-state index in [9.17, 15) is 24.0 Å². The lowest BCUT2D eigenvalue weighted by molar-refractivity contribution is -0.147. The van der Waals surface area contributed by atoms with Gasteiger partial charge in [0.1, 0.15) is 17.5 Å². The summed E-state index contributed by atoms with van der Waals surface area (Å²) in [6, 6.07) is 17.5. The summed E-state index contributed by atoms with van der Waals surface area (Å²) in [5, 5.41) is 0. The zero-order valence-corrected chi connectivity index (χ0v) is 21.7. The highest BCUT2D eigenvalue weighted by atomic mass is 16.5. The fourth-order valence-corrected chi connectivity index (χ4v) is 4.19. The van der Waals surface area contributed by atoms with Crippen LogP contribution < -0.4 is 9.47 Å². The van der Waals surface area contributed by atoms with E-state index >= 15 is 0 Å². The van der Waals surface area contributed by atoms with Crippen molar-refractivity contribution in [3.8, 4) is 11.5 Å². The molecule has 39 heavy (non-hydrogen) atoms. The molecule has 9 heteroatoms. The number of Topliss-reactive ketones (excluding diaryl/α,β-unsaturated/α-hetero) is 1. The predicted molar refractivity (Wildman–Crippen MR) is 140 cm³/mol. The Bertz CT molecular complexity index is 1390. The largest absolute Gasteiger partial charge is 0.497 e. The Labute approximate surface area is 225 Å². The average molecular weight is 530 g/mol. The summed E-state index contributed by atoms with van der Waals surface area (Å²) in [6.45, 7) is 3.12. The van der Waals surface area contributed by atoms with Gasteiger partial charge < -0.3 is 14.2 Å². The minimum Gasteiger partial charge on any atom is -0.497 e. The van der Waals surface area contributed by atoms with Crippen LogP contribution in [0.1, 0.15) is 61.7 Å². The van der Waals surface area contributed by atoms with E-state index in [0.717, 1.165) is 4.90 Å². The molecule has 9 nitrogen and oxygen atoms in total. The normalized spacial score (nSPS) is 13.2. The molecule has 3 aromatic rings. The molecule has 1 heterocycles. The Morgan fingerprint density at radius 1 is 0.795 bits per heavy atom. The fraction of sp³-hybridized carbons (Fsp3) is 0.233. The number of benzene rings is 3. The second-order valence-electron chi connectivity index (χ2n) is 9.35. The molecule has 4 rings (SSSR count). The number of carbonyl (C=O) groups excluding carboxylic acids is 5. The van der Waals surface area contributed by atoms with Gasteiger partial charge in [-0.2, -0.15) is 0 Å². The molecule has 1 aliphatic rings. The van der Waals surface area contributed by atoms with Gasteiger partial charge in [0.2, 0.25) is 0 Å². The number of fused-ring (bicyclic) bond motifs is 1. The molecule has 0 saturated carbocycles. The standard InChI is InChI=1S/C30H27NO8/c1-18(2)15-25(31-27(33)23-9-4-5-10-24(23)28(31)34)30(36)38-17-26(32)19-11-13-21(14-12-19)39-29(35)20-7-6-8-22(16-20)37-3/h4-14,16,18,25H,15,17H2,1-3H3. The summed E-state index contributed by atoms with van der Waals surface area (Å²) in [6.07, 6.45) is 0.186. The SMILES string of the molecule is COc1cccc(C(=O)Oc2ccc(C(=O)COC(=O)C(CC(C)C)N3C(=O)c4ccccc4C3=O)cc2)c1. The number of nitrogens with zero attached hydrogens (tertiary/aromatic N) is 1. The van der Waals surface area contributed by atoms with E-state index < -0.39 is 42.2 Å². The van der Waals surface area contributed by atoms with Gasteiger partial charge in [-0.25, -0.2) is 9.59 Å². The Kier molecular flexibility index (Phi) is 8.19. The van der Waals surface area contributed by atoms with Crippen LogP contribution in [-0.4, -0.2) is 54.2 Å². The van der Waals surface area contributed by atoms with Crippen molar-refractivity contribution in [2.45, 2.75) is 26.3 Å². The van der Waals surface area contributed by atoms with Crippen LogP contribution in [0.3, 0.4) is 0 Å². The summed E-state index contributed by atoms with van der Waals surface area (Å²) in [5.74, 6) is -2.36. The molecular formula is C30H27NO8. The highest BCUT2D eigenvalue weighted by Crippen LogP contribution is 2.27. The predicted octanol–water partition coefficient (Wildman–Crippen LogP) is 4.35. The maximum atomic E-state index is 13.0. The van der Waals surface area contributed by atoms with E-state index in [1.807, 2.05) is 13.8 Å². The van der Waals surface area contributed by atoms with Crippen LogP contribution in [0.15, 0.2) is 72.8 Å². The zero-order valence-electron chi connectivity index (χ0n) is 21.7. The maximum absolute atomic E-state index is 13.0. The first-order valence-corrected chi connectivity index (χ1v) is 12.3. The van der Waals surface area contributed by atoms with Gasteiger partial charge in [0, 0.05) is 5.56 Å². The van der Waals surface area contributed by atoms with Crippen LogP contribution in [0, 0.1) is 5.92 Å². The molecule has 0 aliphatic carbocycles. The molecule has 3 aromatic carbocycles. The second kappa shape index (κ2) is 11.7. The number of ketones is 1. The molecule has 1 atom stereocenters. The quantitative estimate of drug-likeness (QED) is 0.165. The second-order valence-corrected chi connectivity index (χ2v) is 9.35. The lowest BCUT2D eigenvalue weighted by Gasteiger charge is -2.25. The van der Waals surface area contributed by atoms with Crippen LogP contribution in [0.5, 0.6) is 11.5 Å². The van der Waals surface area contributed by atoms with Crippen LogP contribution in [-0.2, 0) is 9.53 Å². The third kappa shape index (κ3) is 6.04. The Morgan fingerprint density at radius 3 is 2.03 bits per heavy atom. The first kappa shape index (κ1) is 27.3. The Balaban J connectivity index is 1.39. The molecule has 1 unspecified atom stereocenters. The number of hydrogen-bond donors (Lipinski definition) is 0. The summed E-state index contributed by atoms with van der Waals surface area (Å²) in [5.41, 5.74) is 0.986. The number of esters is 2. The number of ether oxygens (including phenoxy) is 3. The van der Waals surface area contributed by atoms with Crippen LogP contribution in [0.4, 0.5) is 0 Å². The molecule has 0 radical (unpaired) electrons. The van der Waals surface area contributed by atoms with Crippen molar-refractivity contribution in [2.75, 3.05) is 13.7 Å². The van der Waals surface area contributed by atoms with Crippen molar-refractivity contribution >= 4 is 29.5 Å². The van der Waals surface area contributed by atoms with Crippen molar-refractivity contribution in [3.63, 3.8) is 0 Å². The minimum atomic E-state index is -1.16. The number of hydrogen-bond acceptors (Lipinski definition) is 8. The minimum absolute atomic E-state index is 0.0326. The Morgan fingerprint density at radius 2 is 1.44 bits per heavy atom. The summed E-state index contributed by atoms with van der Waals surface area (Å²) >= 11 is 0. The van der Waals surface area contributed by atoms with Crippen LogP contribution in [0.25, 0.3) is 0 Å². The highest BCUT2D eigenvalue weighted by Gasteiger charge is 2.43. The first-order chi connectivity index (χ1) is 18.7. The monoisotopic (exact) mass is 529 g/mol. The van der Waals surface area contributed by atoms with Crippen LogP contribution >= 0.6 is 0 Å². The molecule has 0 spiro atoms. The van der Waals surface area contributed by atoms with Crippen molar-refractivity contribution < 1.29 is 38.2 Å². The van der Waals surface area contributed by atoms with Gasteiger partial charge in [-0.05, 0) is 66.9 Å². The number of amides is 2. The zero-order chi connectivity index (χ0) is 28.1. The van der Waals surface area contributed by atoms with Crippen LogP contribution in [0.2, 0.25) is 0 Å². The van der Waals surface area contributed by atoms with Crippen molar-refractivity contribution in [3.05, 3.63) is 95.1 Å². The molecule has 0 N–H and O–H groups in total. The average Bonchev–Trinajstić information content (AvgIpc) is 3.19. The van der Waals surface area contributed by atoms with E-state index in [0.29, 0.717) is 11.3 Å². The highest BCUT2D eigenvalue weighted by molar-refractivity contribution is 6.22. The smallest absolute Gasteiger partial charge is 0.343 e. The molecular weight excluding hydrogens is 502 g/mol. The van der Waals surface area contributed by atoms with Gasteiger partial charge >= 0.3 is 11.9 Å². The lowest BCUT2D eigenvalue weighted by atomic mass is 10.0. The van der Waals surface area contributed by atoms with Gasteiger partial charge in [0.15, 0.2) is 12.4 Å². The third-order valence-electron chi connectivity index (χ3n) is 6.14. The number of imide groups is 1. The topological polar surface area (TPSA) is 116 Å². The van der Waals surface area contributed by atoms with Gasteiger partial charge in [-0.1, -0.05) is 32.0 Å². The van der Waals surface area contributed by atoms with E-state index in [1.165, 1.54) is 43.5 Å². The number of rotatable bonds is 10. The fourth-order valence-electron chi connectivity index (χ4n) is 4.19. The molecule has 0 saturated heterocycles. The van der Waals surface area contributed by atoms with Crippen molar-refractivity contribution in [1.82, 2.24) is 4.90 Å². The van der Waals surface area contributed by atoms with Crippen molar-refractivity contribution in [2.24, 2.45) is 5.92 Å². The Hall–Kier alpha value is -4.79. The third-order valence-corrected chi connectivity index (χ3v) is 6.14. The van der Waals surface area contributed by atoms with E-state index in [1.54, 1.807) is 36.4 Å². The van der Waals surface area contributed by atoms with E-state index in [4.69, 9.17) is 14.2 Å². The molecule has 2 amide bonds. The summed E-state index contributed by atoms with van der Waals surface area (Å²) in [7, 11) is 1.49. The maximum Gasteiger partial charge on any atom is 0.343 e. The lowest BCUT2D eigenvalue weighted by Crippen LogP contribution is -2.46. The molecule has 0 bridgehead atoms. The van der Waals surface area contributed by atoms with E-state index in [2.05, 4.69) is 0 Å².